The van der Waals surface area contributed by atoms with Crippen LogP contribution in [0.4, 0.5) is 0 Å². The second-order valence-electron chi connectivity index (χ2n) is 3.08. The van der Waals surface area contributed by atoms with Crippen molar-refractivity contribution >= 4 is 0 Å². The zero-order chi connectivity index (χ0) is 9.80. The third-order valence-electron chi connectivity index (χ3n) is 1.99. The van der Waals surface area contributed by atoms with E-state index in [2.05, 4.69) is 4.98 Å². The van der Waals surface area contributed by atoms with E-state index in [0.717, 1.165) is 12.1 Å². The molecule has 0 amide bonds. The Morgan fingerprint density at radius 2 is 1.71 bits per heavy atom. The van der Waals surface area contributed by atoms with Crippen LogP contribution in [-0.2, 0) is 6.54 Å². The number of hydrogen-bond acceptors (Lipinski definition) is 2. The molecule has 1 aromatic heterocycles. The molecule has 3 heteroatoms. The van der Waals surface area contributed by atoms with Gasteiger partial charge < -0.3 is 5.11 Å². The number of hydrogen-bond donors (Lipinski definition) is 1. The number of aromatic nitrogens is 2. The summed E-state index contributed by atoms with van der Waals surface area (Å²) in [5.74, 6) is 0.300. The zero-order valence-corrected chi connectivity index (χ0v) is 7.67. The first-order chi connectivity index (χ1) is 6.84. The molecule has 0 spiro atoms. The molecular formula is C11H11N2O+. The van der Waals surface area contributed by atoms with Gasteiger partial charge >= 0.3 is 0 Å². The average Bonchev–Trinajstić information content (AvgIpc) is 2.23. The second-order valence-corrected chi connectivity index (χ2v) is 3.08. The predicted molar refractivity (Wildman–Crippen MR) is 51.6 cm³/mol. The van der Waals surface area contributed by atoms with Crippen LogP contribution in [0.25, 0.3) is 0 Å². The van der Waals surface area contributed by atoms with Gasteiger partial charge in [0.05, 0.1) is 12.4 Å². The summed E-state index contributed by atoms with van der Waals surface area (Å²) in [6.07, 6.45) is 7.32. The van der Waals surface area contributed by atoms with E-state index < -0.39 is 0 Å². The molecule has 0 radical (unpaired) electrons. The Morgan fingerprint density at radius 3 is 2.36 bits per heavy atom. The quantitative estimate of drug-likeness (QED) is 0.715. The van der Waals surface area contributed by atoms with Crippen LogP contribution in [0, 0.1) is 0 Å². The molecule has 1 heterocycles. The summed E-state index contributed by atoms with van der Waals surface area (Å²) in [5.41, 5.74) is 1.15. The van der Waals surface area contributed by atoms with Gasteiger partial charge in [-0.15, -0.1) is 0 Å². The lowest BCUT2D eigenvalue weighted by Gasteiger charge is -1.97. The van der Waals surface area contributed by atoms with Gasteiger partial charge in [0.2, 0.25) is 0 Å². The van der Waals surface area contributed by atoms with Gasteiger partial charge in [0.15, 0.2) is 18.9 Å². The van der Waals surface area contributed by atoms with Gasteiger partial charge in [-0.1, -0.05) is 0 Å². The van der Waals surface area contributed by atoms with E-state index in [4.69, 9.17) is 5.11 Å². The van der Waals surface area contributed by atoms with E-state index in [1.165, 1.54) is 0 Å². The molecule has 1 aromatic carbocycles. The molecule has 0 aliphatic heterocycles. The summed E-state index contributed by atoms with van der Waals surface area (Å²) in [6, 6.07) is 7.19. The van der Waals surface area contributed by atoms with Crippen molar-refractivity contribution in [2.45, 2.75) is 6.54 Å². The summed E-state index contributed by atoms with van der Waals surface area (Å²) in [6.45, 7) is 0.794. The lowest BCUT2D eigenvalue weighted by molar-refractivity contribution is -0.688. The van der Waals surface area contributed by atoms with Crippen molar-refractivity contribution < 1.29 is 9.67 Å². The van der Waals surface area contributed by atoms with E-state index >= 15 is 0 Å². The van der Waals surface area contributed by atoms with E-state index in [0.29, 0.717) is 5.75 Å². The lowest BCUT2D eigenvalue weighted by Crippen LogP contribution is -2.33. The number of nitrogens with zero attached hydrogens (tertiary/aromatic N) is 2. The summed E-state index contributed by atoms with van der Waals surface area (Å²) in [7, 11) is 0. The molecule has 0 bridgehead atoms. The number of phenols is 1. The van der Waals surface area contributed by atoms with Crippen molar-refractivity contribution in [1.29, 1.82) is 0 Å². The van der Waals surface area contributed by atoms with Gasteiger partial charge in [-0.25, -0.2) is 0 Å². The highest BCUT2D eigenvalue weighted by atomic mass is 16.3. The molecular weight excluding hydrogens is 176 g/mol. The first-order valence-electron chi connectivity index (χ1n) is 4.41. The fourth-order valence-corrected chi connectivity index (χ4v) is 1.27. The highest BCUT2D eigenvalue weighted by Gasteiger charge is 2.00. The molecule has 14 heavy (non-hydrogen) atoms. The molecule has 0 aliphatic carbocycles. The van der Waals surface area contributed by atoms with E-state index in [1.807, 2.05) is 29.1 Å². The number of phenolic OH excluding ortho intramolecular Hbond substituents is 1. The molecule has 0 fully saturated rings. The summed E-state index contributed by atoms with van der Waals surface area (Å²) >= 11 is 0. The molecule has 1 N–H and O–H groups in total. The van der Waals surface area contributed by atoms with Crippen LogP contribution >= 0.6 is 0 Å². The smallest absolute Gasteiger partial charge is 0.187 e. The fraction of sp³-hybridized carbons (Fsp3) is 0.0909. The van der Waals surface area contributed by atoms with E-state index in [1.54, 1.807) is 24.5 Å². The third kappa shape index (κ3) is 2.07. The average molecular weight is 187 g/mol. The van der Waals surface area contributed by atoms with Crippen LogP contribution in [0.1, 0.15) is 5.56 Å². The van der Waals surface area contributed by atoms with E-state index in [9.17, 15) is 0 Å². The van der Waals surface area contributed by atoms with Gasteiger partial charge in [0.25, 0.3) is 0 Å². The Morgan fingerprint density at radius 1 is 1.07 bits per heavy atom. The van der Waals surface area contributed by atoms with Crippen molar-refractivity contribution in [3.8, 4) is 5.75 Å². The normalized spacial score (nSPS) is 10.0. The maximum Gasteiger partial charge on any atom is 0.187 e. The minimum Gasteiger partial charge on any atom is -0.508 e. The number of benzene rings is 1. The van der Waals surface area contributed by atoms with Crippen LogP contribution in [-0.4, -0.2) is 10.1 Å². The van der Waals surface area contributed by atoms with Crippen LogP contribution < -0.4 is 4.57 Å². The molecule has 0 saturated heterocycles. The van der Waals surface area contributed by atoms with Gasteiger partial charge in [-0.05, 0) is 24.3 Å². The van der Waals surface area contributed by atoms with Gasteiger partial charge in [-0.2, -0.15) is 4.57 Å². The van der Waals surface area contributed by atoms with Crippen molar-refractivity contribution in [2.75, 3.05) is 0 Å². The highest BCUT2D eigenvalue weighted by molar-refractivity contribution is 5.25. The van der Waals surface area contributed by atoms with Crippen molar-refractivity contribution in [2.24, 2.45) is 0 Å². The Hall–Kier alpha value is -1.90. The summed E-state index contributed by atoms with van der Waals surface area (Å²) in [5, 5.41) is 9.11. The topological polar surface area (TPSA) is 37.0 Å². The largest absolute Gasteiger partial charge is 0.508 e. The van der Waals surface area contributed by atoms with Gasteiger partial charge in [0, 0.05) is 5.56 Å². The van der Waals surface area contributed by atoms with Crippen LogP contribution in [0.3, 0.4) is 0 Å². The summed E-state index contributed by atoms with van der Waals surface area (Å²) < 4.78 is 2.03. The minimum atomic E-state index is 0.300. The Bertz CT molecular complexity index is 397. The van der Waals surface area contributed by atoms with Crippen molar-refractivity contribution in [3.63, 3.8) is 0 Å². The van der Waals surface area contributed by atoms with Crippen molar-refractivity contribution in [1.82, 2.24) is 4.98 Å². The molecule has 2 rings (SSSR count). The summed E-state index contributed by atoms with van der Waals surface area (Å²) in [4.78, 5) is 3.94. The van der Waals surface area contributed by atoms with Crippen LogP contribution in [0.5, 0.6) is 5.75 Å². The molecule has 0 aliphatic rings. The fourth-order valence-electron chi connectivity index (χ4n) is 1.27. The maximum atomic E-state index is 9.11. The maximum absolute atomic E-state index is 9.11. The second kappa shape index (κ2) is 3.87. The molecule has 3 nitrogen and oxygen atoms in total. The Balaban J connectivity index is 2.16. The molecule has 70 valence electrons. The third-order valence-corrected chi connectivity index (χ3v) is 1.99. The molecule has 0 saturated carbocycles. The molecule has 2 aromatic rings. The number of aromatic hydroxyl groups is 1. The number of rotatable bonds is 2. The van der Waals surface area contributed by atoms with Gasteiger partial charge in [0.1, 0.15) is 5.75 Å². The zero-order valence-electron chi connectivity index (χ0n) is 7.67. The monoisotopic (exact) mass is 187 g/mol. The van der Waals surface area contributed by atoms with Gasteiger partial charge in [-0.3, -0.25) is 4.98 Å². The van der Waals surface area contributed by atoms with Crippen LogP contribution in [0.2, 0.25) is 0 Å². The SMILES string of the molecule is Oc1ccc(C[n+]2ccncc2)cc1. The molecule has 0 unspecified atom stereocenters. The standard InChI is InChI=1S/C11H10N2O/c14-11-3-1-10(2-4-11)9-13-7-5-12-6-8-13/h1-8H,9H2/p+1. The lowest BCUT2D eigenvalue weighted by atomic mass is 10.2. The van der Waals surface area contributed by atoms with Crippen molar-refractivity contribution in [3.05, 3.63) is 54.6 Å². The molecule has 0 atom stereocenters. The van der Waals surface area contributed by atoms with Crippen LogP contribution in [0.15, 0.2) is 49.1 Å². The Kier molecular flexibility index (Phi) is 2.40. The highest BCUT2D eigenvalue weighted by Crippen LogP contribution is 2.08. The first kappa shape index (κ1) is 8.69. The first-order valence-corrected chi connectivity index (χ1v) is 4.41. The van der Waals surface area contributed by atoms with E-state index in [-0.39, 0.29) is 0 Å². The minimum absolute atomic E-state index is 0.300. The predicted octanol–water partition coefficient (Wildman–Crippen LogP) is 1.12. The Labute approximate surface area is 82.3 Å².